The average Bonchev–Trinajstić information content (AvgIpc) is 2.68. The van der Waals surface area contributed by atoms with E-state index in [1.54, 1.807) is 14.0 Å². The van der Waals surface area contributed by atoms with Gasteiger partial charge in [-0.2, -0.15) is 0 Å². The minimum Gasteiger partial charge on any atom is -0.375 e. The fraction of sp³-hybridized carbons (Fsp3) is 0.933. The summed E-state index contributed by atoms with van der Waals surface area (Å²) in [7, 11) is 1.75. The van der Waals surface area contributed by atoms with Gasteiger partial charge in [-0.15, -0.1) is 0 Å². The average molecular weight is 268 g/mol. The van der Waals surface area contributed by atoms with Crippen LogP contribution in [0.3, 0.4) is 0 Å². The summed E-state index contributed by atoms with van der Waals surface area (Å²) in [6.45, 7) is 9.21. The summed E-state index contributed by atoms with van der Waals surface area (Å²) in [5.41, 5.74) is 5.23. The van der Waals surface area contributed by atoms with Gasteiger partial charge in [0, 0.05) is 0 Å². The predicted octanol–water partition coefficient (Wildman–Crippen LogP) is 1.68. The third-order valence-electron chi connectivity index (χ3n) is 6.38. The van der Waals surface area contributed by atoms with Gasteiger partial charge in [0.15, 0.2) is 0 Å². The highest BCUT2D eigenvalue weighted by Gasteiger charge is 2.62. The van der Waals surface area contributed by atoms with Crippen LogP contribution in [-0.2, 0) is 9.53 Å². The van der Waals surface area contributed by atoms with Crippen molar-refractivity contribution >= 4 is 5.91 Å². The summed E-state index contributed by atoms with van der Waals surface area (Å²) >= 11 is 0. The van der Waals surface area contributed by atoms with Crippen molar-refractivity contribution in [2.45, 2.75) is 58.6 Å². The molecule has 0 radical (unpaired) electrons. The molecule has 1 amide bonds. The van der Waals surface area contributed by atoms with E-state index in [2.05, 4.69) is 26.1 Å². The number of nitrogens with two attached hydrogens (primary N) is 1. The number of amides is 1. The number of hydrogen-bond acceptors (Lipinski definition) is 3. The molecule has 2 saturated carbocycles. The highest BCUT2D eigenvalue weighted by molar-refractivity contribution is 5.84. The summed E-state index contributed by atoms with van der Waals surface area (Å²) in [6, 6.07) is 0. The van der Waals surface area contributed by atoms with Crippen LogP contribution >= 0.6 is 0 Å². The molecule has 0 saturated heterocycles. The lowest BCUT2D eigenvalue weighted by atomic mass is 9.70. The van der Waals surface area contributed by atoms with Crippen molar-refractivity contribution in [2.24, 2.45) is 22.5 Å². The van der Waals surface area contributed by atoms with E-state index in [-0.39, 0.29) is 17.4 Å². The van der Waals surface area contributed by atoms with Crippen LogP contribution in [0.1, 0.15) is 47.0 Å². The first kappa shape index (κ1) is 14.8. The van der Waals surface area contributed by atoms with Crippen molar-refractivity contribution in [1.29, 1.82) is 0 Å². The maximum atomic E-state index is 11.5. The van der Waals surface area contributed by atoms with E-state index in [1.807, 2.05) is 0 Å². The van der Waals surface area contributed by atoms with E-state index in [0.717, 1.165) is 12.3 Å². The molecule has 2 rings (SSSR count). The highest BCUT2D eigenvalue weighted by Crippen LogP contribution is 2.66. The first-order chi connectivity index (χ1) is 8.67. The topological polar surface area (TPSA) is 64.3 Å². The smallest absolute Gasteiger partial charge is 0.239 e. The minimum atomic E-state index is -0.775. The van der Waals surface area contributed by atoms with Crippen LogP contribution in [-0.4, -0.2) is 31.2 Å². The van der Waals surface area contributed by atoms with E-state index in [0.29, 0.717) is 12.0 Å². The molecular formula is C15H28N2O2. The number of fused-ring (bicyclic) bond motifs is 2. The van der Waals surface area contributed by atoms with Crippen molar-refractivity contribution in [3.63, 3.8) is 0 Å². The highest BCUT2D eigenvalue weighted by atomic mass is 16.5. The van der Waals surface area contributed by atoms with E-state index in [4.69, 9.17) is 10.5 Å². The second-order valence-electron chi connectivity index (χ2n) is 7.36. The van der Waals surface area contributed by atoms with Crippen molar-refractivity contribution in [1.82, 2.24) is 5.32 Å². The first-order valence-electron chi connectivity index (χ1n) is 7.28. The molecule has 3 N–H and O–H groups in total. The van der Waals surface area contributed by atoms with Gasteiger partial charge in [0.05, 0.1) is 12.7 Å². The Morgan fingerprint density at radius 3 is 2.47 bits per heavy atom. The molecule has 2 fully saturated rings. The van der Waals surface area contributed by atoms with Crippen LogP contribution in [0.5, 0.6) is 0 Å². The van der Waals surface area contributed by atoms with Gasteiger partial charge in [0.2, 0.25) is 5.91 Å². The van der Waals surface area contributed by atoms with Gasteiger partial charge in [-0.05, 0) is 50.0 Å². The van der Waals surface area contributed by atoms with Gasteiger partial charge < -0.3 is 15.8 Å². The van der Waals surface area contributed by atoms with Crippen molar-refractivity contribution in [3.05, 3.63) is 0 Å². The summed E-state index contributed by atoms with van der Waals surface area (Å²) in [5, 5.41) is 2.98. The molecule has 0 aromatic heterocycles. The Morgan fingerprint density at radius 2 is 2.11 bits per heavy atom. The third-order valence-corrected chi connectivity index (χ3v) is 6.38. The monoisotopic (exact) mass is 268 g/mol. The van der Waals surface area contributed by atoms with Crippen LogP contribution < -0.4 is 11.1 Å². The normalized spacial score (nSPS) is 39.2. The fourth-order valence-electron chi connectivity index (χ4n) is 3.92. The van der Waals surface area contributed by atoms with Crippen molar-refractivity contribution in [3.8, 4) is 0 Å². The molecule has 4 unspecified atom stereocenters. The Kier molecular flexibility index (Phi) is 3.47. The fourth-order valence-corrected chi connectivity index (χ4v) is 3.92. The lowest BCUT2D eigenvalue weighted by Crippen LogP contribution is -2.56. The SMILES string of the molecule is CNC(C)(COC1CC2CCC1(C)C2(C)C)C(N)=O. The molecule has 0 aromatic rings. The first-order valence-corrected chi connectivity index (χ1v) is 7.28. The number of carbonyl (C=O) groups is 1. The Hall–Kier alpha value is -0.610. The van der Waals surface area contributed by atoms with Crippen LogP contribution in [0, 0.1) is 16.7 Å². The third kappa shape index (κ3) is 2.00. The largest absolute Gasteiger partial charge is 0.375 e. The zero-order valence-electron chi connectivity index (χ0n) is 12.9. The molecule has 4 nitrogen and oxygen atoms in total. The van der Waals surface area contributed by atoms with Crippen LogP contribution in [0.15, 0.2) is 0 Å². The lowest BCUT2D eigenvalue weighted by molar-refractivity contribution is -0.129. The number of hydrogen-bond donors (Lipinski definition) is 2. The Labute approximate surface area is 116 Å². The zero-order chi connectivity index (χ0) is 14.5. The van der Waals surface area contributed by atoms with E-state index < -0.39 is 5.54 Å². The molecule has 2 aliphatic carbocycles. The maximum absolute atomic E-state index is 11.5. The molecule has 4 heteroatoms. The number of likely N-dealkylation sites (N-methyl/N-ethyl adjacent to an activating group) is 1. The molecule has 4 atom stereocenters. The summed E-state index contributed by atoms with van der Waals surface area (Å²) in [5.74, 6) is 0.388. The van der Waals surface area contributed by atoms with Gasteiger partial charge in [-0.3, -0.25) is 4.79 Å². The number of nitrogens with one attached hydrogen (secondary N) is 1. The minimum absolute atomic E-state index is 0.226. The van der Waals surface area contributed by atoms with Crippen LogP contribution in [0.2, 0.25) is 0 Å². The second-order valence-corrected chi connectivity index (χ2v) is 7.36. The number of rotatable bonds is 5. The number of carbonyl (C=O) groups excluding carboxylic acids is 1. The molecule has 0 aliphatic heterocycles. The molecule has 110 valence electrons. The molecule has 0 aromatic carbocycles. The van der Waals surface area contributed by atoms with Crippen LogP contribution in [0.4, 0.5) is 0 Å². The lowest BCUT2D eigenvalue weighted by Gasteiger charge is -2.40. The number of ether oxygens (including phenoxy) is 1. The molecule has 0 heterocycles. The maximum Gasteiger partial charge on any atom is 0.239 e. The molecule has 0 spiro atoms. The van der Waals surface area contributed by atoms with Gasteiger partial charge >= 0.3 is 0 Å². The van der Waals surface area contributed by atoms with Gasteiger partial charge in [0.25, 0.3) is 0 Å². The molecule has 2 bridgehead atoms. The van der Waals surface area contributed by atoms with Crippen LogP contribution in [0.25, 0.3) is 0 Å². The van der Waals surface area contributed by atoms with Gasteiger partial charge in [0.1, 0.15) is 5.54 Å². The Balaban J connectivity index is 2.05. The van der Waals surface area contributed by atoms with Crippen molar-refractivity contribution in [2.75, 3.05) is 13.7 Å². The van der Waals surface area contributed by atoms with Gasteiger partial charge in [-0.25, -0.2) is 0 Å². The molecular weight excluding hydrogens is 240 g/mol. The Bertz CT molecular complexity index is 382. The Morgan fingerprint density at radius 1 is 1.47 bits per heavy atom. The van der Waals surface area contributed by atoms with E-state index >= 15 is 0 Å². The summed E-state index contributed by atoms with van der Waals surface area (Å²) in [4.78, 5) is 11.5. The molecule has 2 aliphatic rings. The van der Waals surface area contributed by atoms with E-state index in [9.17, 15) is 4.79 Å². The molecule has 19 heavy (non-hydrogen) atoms. The van der Waals surface area contributed by atoms with Crippen molar-refractivity contribution < 1.29 is 9.53 Å². The van der Waals surface area contributed by atoms with E-state index in [1.165, 1.54) is 12.8 Å². The predicted molar refractivity (Wildman–Crippen MR) is 75.6 cm³/mol. The number of primary amides is 1. The standard InChI is InChI=1S/C15H28N2O2/c1-13(2)10-6-7-14(13,3)11(8-10)19-9-15(4,17-5)12(16)18/h10-11,17H,6-9H2,1-5H3,(H2,16,18). The second kappa shape index (κ2) is 4.45. The summed E-state index contributed by atoms with van der Waals surface area (Å²) < 4.78 is 6.13. The summed E-state index contributed by atoms with van der Waals surface area (Å²) in [6.07, 6.45) is 3.89. The quantitative estimate of drug-likeness (QED) is 0.797. The van der Waals surface area contributed by atoms with Gasteiger partial charge in [-0.1, -0.05) is 20.8 Å². The zero-order valence-corrected chi connectivity index (χ0v) is 12.9.